The van der Waals surface area contributed by atoms with Crippen molar-refractivity contribution < 1.29 is 17.6 Å². The van der Waals surface area contributed by atoms with Crippen molar-refractivity contribution in [2.24, 2.45) is 0 Å². The van der Waals surface area contributed by atoms with Gasteiger partial charge in [-0.2, -0.15) is 4.31 Å². The number of sulfonamides is 1. The fraction of sp³-hybridized carbons (Fsp3) is 0.350. The van der Waals surface area contributed by atoms with Crippen LogP contribution in [0.1, 0.15) is 24.8 Å². The zero-order chi connectivity index (χ0) is 21.0. The van der Waals surface area contributed by atoms with E-state index >= 15 is 0 Å². The zero-order valence-electron chi connectivity index (χ0n) is 16.0. The quantitative estimate of drug-likeness (QED) is 0.712. The van der Waals surface area contributed by atoms with Gasteiger partial charge in [0.1, 0.15) is 5.82 Å². The van der Waals surface area contributed by atoms with E-state index in [4.69, 9.17) is 11.6 Å². The molecule has 1 fully saturated rings. The molecule has 1 amide bonds. The van der Waals surface area contributed by atoms with Crippen molar-refractivity contribution in [2.45, 2.75) is 31.1 Å². The highest BCUT2D eigenvalue weighted by molar-refractivity contribution is 7.89. The fourth-order valence-corrected chi connectivity index (χ4v) is 4.79. The number of nitrogens with zero attached hydrogens (tertiary/aromatic N) is 1. The highest BCUT2D eigenvalue weighted by Gasteiger charge is 2.26. The third kappa shape index (κ3) is 5.26. The Labute approximate surface area is 175 Å². The van der Waals surface area contributed by atoms with Crippen LogP contribution in [0.5, 0.6) is 0 Å². The second kappa shape index (κ2) is 9.11. The average Bonchev–Trinajstić information content (AvgIpc) is 2.71. The van der Waals surface area contributed by atoms with Gasteiger partial charge in [0.25, 0.3) is 0 Å². The van der Waals surface area contributed by atoms with E-state index in [1.165, 1.54) is 22.5 Å². The molecule has 0 aliphatic carbocycles. The molecule has 0 spiro atoms. The maximum Gasteiger partial charge on any atom is 0.243 e. The summed E-state index contributed by atoms with van der Waals surface area (Å²) in [5.74, 6) is -0.959. The summed E-state index contributed by atoms with van der Waals surface area (Å²) in [6.07, 6.45) is 2.74. The summed E-state index contributed by atoms with van der Waals surface area (Å²) in [5, 5.41) is 5.53. The van der Waals surface area contributed by atoms with E-state index in [9.17, 15) is 17.6 Å². The Morgan fingerprint density at radius 1 is 1.14 bits per heavy atom. The molecule has 0 atom stereocenters. The number of halogens is 2. The van der Waals surface area contributed by atoms with Gasteiger partial charge < -0.3 is 10.6 Å². The Morgan fingerprint density at radius 2 is 1.86 bits per heavy atom. The Morgan fingerprint density at radius 3 is 2.55 bits per heavy atom. The predicted octanol–water partition coefficient (Wildman–Crippen LogP) is 4.01. The molecule has 1 aliphatic rings. The summed E-state index contributed by atoms with van der Waals surface area (Å²) in [6, 6.07) is 8.88. The normalized spacial score (nSPS) is 15.1. The molecule has 156 valence electrons. The number of amides is 1. The van der Waals surface area contributed by atoms with Crippen molar-refractivity contribution >= 4 is 38.9 Å². The first kappa shape index (κ1) is 21.5. The van der Waals surface area contributed by atoms with Crippen molar-refractivity contribution in [2.75, 3.05) is 30.3 Å². The first-order valence-electron chi connectivity index (χ1n) is 9.37. The number of carbonyl (C=O) groups excluding carboxylic acids is 1. The molecule has 6 nitrogen and oxygen atoms in total. The van der Waals surface area contributed by atoms with Gasteiger partial charge in [-0.3, -0.25) is 4.79 Å². The fourth-order valence-electron chi connectivity index (χ4n) is 3.13. The maximum atomic E-state index is 13.5. The smallest absolute Gasteiger partial charge is 0.243 e. The largest absolute Gasteiger partial charge is 0.376 e. The minimum Gasteiger partial charge on any atom is -0.376 e. The van der Waals surface area contributed by atoms with Crippen LogP contribution in [-0.2, 0) is 14.8 Å². The molecule has 0 bridgehead atoms. The number of anilines is 2. The topological polar surface area (TPSA) is 78.5 Å². The van der Waals surface area contributed by atoms with Crippen molar-refractivity contribution in [3.05, 3.63) is 52.8 Å². The predicted molar refractivity (Wildman–Crippen MR) is 112 cm³/mol. The molecule has 1 aliphatic heterocycles. The lowest BCUT2D eigenvalue weighted by Gasteiger charge is -2.26. The number of hydrogen-bond acceptors (Lipinski definition) is 4. The van der Waals surface area contributed by atoms with Crippen LogP contribution >= 0.6 is 11.6 Å². The molecule has 0 saturated carbocycles. The monoisotopic (exact) mass is 439 g/mol. The summed E-state index contributed by atoms with van der Waals surface area (Å²) in [4.78, 5) is 12.5. The van der Waals surface area contributed by atoms with Gasteiger partial charge in [-0.25, -0.2) is 12.8 Å². The molecule has 2 N–H and O–H groups in total. The molecule has 1 heterocycles. The second-order valence-electron chi connectivity index (χ2n) is 6.97. The highest BCUT2D eigenvalue weighted by Crippen LogP contribution is 2.25. The molecule has 0 radical (unpaired) electrons. The first-order chi connectivity index (χ1) is 13.8. The summed E-state index contributed by atoms with van der Waals surface area (Å²) >= 11 is 5.64. The molecule has 2 aromatic carbocycles. The van der Waals surface area contributed by atoms with Gasteiger partial charge in [0.2, 0.25) is 15.9 Å². The lowest BCUT2D eigenvalue weighted by molar-refractivity contribution is -0.114. The molecular formula is C20H23ClFN3O3S. The van der Waals surface area contributed by atoms with Crippen molar-refractivity contribution in [3.63, 3.8) is 0 Å². The number of benzene rings is 2. The third-order valence-electron chi connectivity index (χ3n) is 4.81. The number of piperidine rings is 1. The van der Waals surface area contributed by atoms with Crippen LogP contribution in [0.15, 0.2) is 41.3 Å². The summed E-state index contributed by atoms with van der Waals surface area (Å²) < 4.78 is 40.7. The van der Waals surface area contributed by atoms with E-state index in [0.717, 1.165) is 24.8 Å². The van der Waals surface area contributed by atoms with Gasteiger partial charge in [0.15, 0.2) is 0 Å². The second-order valence-corrected chi connectivity index (χ2v) is 9.32. The van der Waals surface area contributed by atoms with Crippen molar-refractivity contribution in [1.82, 2.24) is 4.31 Å². The SMILES string of the molecule is Cc1ccc(S(=O)(=O)N2CCCCC2)cc1NC(=O)CNc1ccc(Cl)c(F)c1. The van der Waals surface area contributed by atoms with E-state index in [1.807, 2.05) is 0 Å². The van der Waals surface area contributed by atoms with Crippen LogP contribution in [0.4, 0.5) is 15.8 Å². The Balaban J connectivity index is 1.69. The summed E-state index contributed by atoms with van der Waals surface area (Å²) in [7, 11) is -3.59. The van der Waals surface area contributed by atoms with Gasteiger partial charge in [-0.05, 0) is 55.7 Å². The van der Waals surface area contributed by atoms with E-state index in [0.29, 0.717) is 24.5 Å². The molecule has 29 heavy (non-hydrogen) atoms. The molecular weight excluding hydrogens is 417 g/mol. The van der Waals surface area contributed by atoms with Crippen LogP contribution in [0, 0.1) is 12.7 Å². The van der Waals surface area contributed by atoms with E-state index in [2.05, 4.69) is 10.6 Å². The number of aryl methyl sites for hydroxylation is 1. The van der Waals surface area contributed by atoms with Gasteiger partial charge >= 0.3 is 0 Å². The minimum absolute atomic E-state index is 0.00218. The van der Waals surface area contributed by atoms with Gasteiger partial charge in [-0.1, -0.05) is 24.1 Å². The zero-order valence-corrected chi connectivity index (χ0v) is 17.6. The summed E-state index contributed by atoms with van der Waals surface area (Å²) in [5.41, 5.74) is 1.59. The standard InChI is InChI=1S/C20H23ClFN3O3S/c1-14-5-7-16(29(27,28)25-9-3-2-4-10-25)12-19(14)24-20(26)13-23-15-6-8-17(21)18(22)11-15/h5-8,11-12,23H,2-4,9-10,13H2,1H3,(H,24,26). The Bertz CT molecular complexity index is 1010. The van der Waals surface area contributed by atoms with Crippen LogP contribution in [-0.4, -0.2) is 38.3 Å². The lowest BCUT2D eigenvalue weighted by atomic mass is 10.2. The van der Waals surface area contributed by atoms with Gasteiger partial charge in [0, 0.05) is 24.5 Å². The number of hydrogen-bond donors (Lipinski definition) is 2. The van der Waals surface area contributed by atoms with Gasteiger partial charge in [0.05, 0.1) is 16.5 Å². The molecule has 0 aromatic heterocycles. The molecule has 9 heteroatoms. The van der Waals surface area contributed by atoms with E-state index in [1.54, 1.807) is 25.1 Å². The number of nitrogens with one attached hydrogen (secondary N) is 2. The third-order valence-corrected chi connectivity index (χ3v) is 7.01. The average molecular weight is 440 g/mol. The maximum absolute atomic E-state index is 13.5. The van der Waals surface area contributed by atoms with Crippen molar-refractivity contribution in [1.29, 1.82) is 0 Å². The minimum atomic E-state index is -3.59. The van der Waals surface area contributed by atoms with Crippen LogP contribution in [0.25, 0.3) is 0 Å². The van der Waals surface area contributed by atoms with Crippen LogP contribution in [0.3, 0.4) is 0 Å². The first-order valence-corrected chi connectivity index (χ1v) is 11.2. The molecule has 0 unspecified atom stereocenters. The Hall–Kier alpha value is -2.16. The van der Waals surface area contributed by atoms with Crippen molar-refractivity contribution in [3.8, 4) is 0 Å². The lowest BCUT2D eigenvalue weighted by Crippen LogP contribution is -2.35. The molecule has 3 rings (SSSR count). The highest BCUT2D eigenvalue weighted by atomic mass is 35.5. The summed E-state index contributed by atoms with van der Waals surface area (Å²) in [6.45, 7) is 2.71. The molecule has 1 saturated heterocycles. The van der Waals surface area contributed by atoms with Crippen LogP contribution in [0.2, 0.25) is 5.02 Å². The van der Waals surface area contributed by atoms with E-state index < -0.39 is 15.8 Å². The van der Waals surface area contributed by atoms with E-state index in [-0.39, 0.29) is 22.4 Å². The molecule has 2 aromatic rings. The number of carbonyl (C=O) groups is 1. The van der Waals surface area contributed by atoms with Crippen LogP contribution < -0.4 is 10.6 Å². The number of rotatable bonds is 6. The Kier molecular flexibility index (Phi) is 6.77. The van der Waals surface area contributed by atoms with Gasteiger partial charge in [-0.15, -0.1) is 0 Å².